The number of para-hydroxylation sites is 2. The van der Waals surface area contributed by atoms with Crippen molar-refractivity contribution in [2.24, 2.45) is 5.41 Å². The molecular weight excluding hydrogens is 470 g/mol. The van der Waals surface area contributed by atoms with Crippen LogP contribution in [0.25, 0.3) is 0 Å². The normalized spacial score (nSPS) is 18.4. The third-order valence-electron chi connectivity index (χ3n) is 6.89. The SMILES string of the molecule is COCCCNC(=O)CN1c2ccccc2NC2=C(C(=O)CC(C)(C)C2)C1c1ccc(OC)c(OC)c1. The number of amides is 1. The van der Waals surface area contributed by atoms with E-state index in [9.17, 15) is 9.59 Å². The lowest BCUT2D eigenvalue weighted by molar-refractivity contribution is -0.120. The number of carbonyl (C=O) groups is 2. The molecule has 0 aromatic heterocycles. The number of benzene rings is 2. The number of nitrogens with one attached hydrogen (secondary N) is 2. The molecule has 0 saturated carbocycles. The van der Waals surface area contributed by atoms with Gasteiger partial charge in [-0.1, -0.05) is 32.0 Å². The van der Waals surface area contributed by atoms with Gasteiger partial charge in [0, 0.05) is 38.0 Å². The van der Waals surface area contributed by atoms with E-state index in [-0.39, 0.29) is 23.7 Å². The van der Waals surface area contributed by atoms with Gasteiger partial charge < -0.3 is 29.7 Å². The van der Waals surface area contributed by atoms with Crippen molar-refractivity contribution in [3.8, 4) is 11.5 Å². The lowest BCUT2D eigenvalue weighted by atomic mass is 9.73. The minimum atomic E-state index is -0.487. The zero-order valence-electron chi connectivity index (χ0n) is 22.3. The van der Waals surface area contributed by atoms with Crippen LogP contribution < -0.4 is 25.0 Å². The molecule has 2 aromatic carbocycles. The summed E-state index contributed by atoms with van der Waals surface area (Å²) in [7, 11) is 4.83. The second kappa shape index (κ2) is 11.3. The van der Waals surface area contributed by atoms with E-state index in [1.807, 2.05) is 47.4 Å². The fourth-order valence-corrected chi connectivity index (χ4v) is 5.25. The molecule has 1 heterocycles. The molecule has 1 amide bonds. The highest BCUT2D eigenvalue weighted by Gasteiger charge is 2.42. The number of carbonyl (C=O) groups excluding carboxylic acids is 2. The van der Waals surface area contributed by atoms with E-state index in [1.54, 1.807) is 21.3 Å². The molecule has 1 aliphatic heterocycles. The molecule has 0 fully saturated rings. The van der Waals surface area contributed by atoms with Crippen LogP contribution in [0.2, 0.25) is 0 Å². The second-order valence-corrected chi connectivity index (χ2v) is 10.3. The average molecular weight is 508 g/mol. The Balaban J connectivity index is 1.85. The molecule has 2 N–H and O–H groups in total. The van der Waals surface area contributed by atoms with Crippen LogP contribution in [0.5, 0.6) is 11.5 Å². The number of anilines is 2. The Bertz CT molecular complexity index is 1190. The summed E-state index contributed by atoms with van der Waals surface area (Å²) in [4.78, 5) is 29.0. The van der Waals surface area contributed by atoms with Crippen LogP contribution in [0.1, 0.15) is 44.7 Å². The number of allylic oxidation sites excluding steroid dienone is 1. The van der Waals surface area contributed by atoms with E-state index in [4.69, 9.17) is 14.2 Å². The van der Waals surface area contributed by atoms with E-state index < -0.39 is 6.04 Å². The van der Waals surface area contributed by atoms with Crippen LogP contribution in [-0.2, 0) is 14.3 Å². The first-order valence-corrected chi connectivity index (χ1v) is 12.6. The maximum Gasteiger partial charge on any atom is 0.239 e. The zero-order valence-corrected chi connectivity index (χ0v) is 22.3. The topological polar surface area (TPSA) is 89.1 Å². The predicted octanol–water partition coefficient (Wildman–Crippen LogP) is 4.47. The highest BCUT2D eigenvalue weighted by Crippen LogP contribution is 2.48. The van der Waals surface area contributed by atoms with E-state index in [2.05, 4.69) is 24.5 Å². The number of nitrogens with zero attached hydrogens (tertiary/aromatic N) is 1. The summed E-state index contributed by atoms with van der Waals surface area (Å²) in [5, 5.41) is 6.57. The molecule has 8 nitrogen and oxygen atoms in total. The van der Waals surface area contributed by atoms with Crippen molar-refractivity contribution in [2.75, 3.05) is 51.2 Å². The summed E-state index contributed by atoms with van der Waals surface area (Å²) in [6.07, 6.45) is 1.89. The molecular formula is C29H37N3O5. The number of ether oxygens (including phenoxy) is 3. The molecule has 2 aromatic rings. The first-order valence-electron chi connectivity index (χ1n) is 12.6. The van der Waals surface area contributed by atoms with E-state index in [1.165, 1.54) is 0 Å². The van der Waals surface area contributed by atoms with Gasteiger partial charge in [-0.05, 0) is 48.1 Å². The van der Waals surface area contributed by atoms with Crippen LogP contribution in [0.3, 0.4) is 0 Å². The van der Waals surface area contributed by atoms with Crippen molar-refractivity contribution in [2.45, 2.75) is 39.2 Å². The zero-order chi connectivity index (χ0) is 26.6. The third-order valence-corrected chi connectivity index (χ3v) is 6.89. The molecule has 198 valence electrons. The molecule has 4 rings (SSSR count). The van der Waals surface area contributed by atoms with Gasteiger partial charge in [0.15, 0.2) is 17.3 Å². The highest BCUT2D eigenvalue weighted by molar-refractivity contribution is 6.02. The molecule has 1 unspecified atom stereocenters. The van der Waals surface area contributed by atoms with Crippen molar-refractivity contribution < 1.29 is 23.8 Å². The molecule has 0 saturated heterocycles. The van der Waals surface area contributed by atoms with Crippen molar-refractivity contribution in [1.82, 2.24) is 5.32 Å². The second-order valence-electron chi connectivity index (χ2n) is 10.3. The molecule has 37 heavy (non-hydrogen) atoms. The molecule has 2 aliphatic rings. The number of hydrogen-bond acceptors (Lipinski definition) is 7. The number of rotatable bonds is 9. The van der Waals surface area contributed by atoms with Crippen molar-refractivity contribution >= 4 is 23.1 Å². The first-order chi connectivity index (χ1) is 17.8. The Labute approximate surface area is 219 Å². The van der Waals surface area contributed by atoms with Gasteiger partial charge in [-0.25, -0.2) is 0 Å². The van der Waals surface area contributed by atoms with Gasteiger partial charge in [0.1, 0.15) is 0 Å². The van der Waals surface area contributed by atoms with Crippen LogP contribution >= 0.6 is 0 Å². The van der Waals surface area contributed by atoms with Crippen LogP contribution in [0.15, 0.2) is 53.7 Å². The van der Waals surface area contributed by atoms with Crippen LogP contribution in [0, 0.1) is 5.41 Å². The summed E-state index contributed by atoms with van der Waals surface area (Å²) < 4.78 is 16.2. The minimum absolute atomic E-state index is 0.0804. The van der Waals surface area contributed by atoms with Gasteiger partial charge in [-0.2, -0.15) is 0 Å². The van der Waals surface area contributed by atoms with Crippen molar-refractivity contribution in [1.29, 1.82) is 0 Å². The molecule has 8 heteroatoms. The maximum absolute atomic E-state index is 13.8. The standard InChI is InChI=1S/C29H37N3O5/c1-29(2)16-21-27(23(33)17-29)28(19-11-12-24(36-4)25(15-19)37-5)32(18-26(34)30-13-8-14-35-3)22-10-7-6-9-20(22)31-21/h6-7,9-12,15,28,31H,8,13-14,16-18H2,1-5H3,(H,30,34). The monoisotopic (exact) mass is 507 g/mol. The Hall–Kier alpha value is -3.52. The predicted molar refractivity (Wildman–Crippen MR) is 144 cm³/mol. The fourth-order valence-electron chi connectivity index (χ4n) is 5.25. The third kappa shape index (κ3) is 5.74. The van der Waals surface area contributed by atoms with Gasteiger partial charge in [0.2, 0.25) is 5.91 Å². The fraction of sp³-hybridized carbons (Fsp3) is 0.448. The molecule has 0 spiro atoms. The van der Waals surface area contributed by atoms with Crippen LogP contribution in [0.4, 0.5) is 11.4 Å². The Morgan fingerprint density at radius 2 is 1.84 bits per heavy atom. The maximum atomic E-state index is 13.8. The summed E-state index contributed by atoms with van der Waals surface area (Å²) >= 11 is 0. The smallest absolute Gasteiger partial charge is 0.239 e. The van der Waals surface area contributed by atoms with Gasteiger partial charge in [0.05, 0.1) is 38.2 Å². The first kappa shape index (κ1) is 26.5. The Kier molecular flexibility index (Phi) is 8.07. The van der Waals surface area contributed by atoms with Crippen LogP contribution in [-0.4, -0.2) is 52.7 Å². The lowest BCUT2D eigenvalue weighted by Crippen LogP contribution is -2.42. The summed E-state index contributed by atoms with van der Waals surface area (Å²) in [5.41, 5.74) is 3.99. The molecule has 1 aliphatic carbocycles. The largest absolute Gasteiger partial charge is 0.493 e. The number of fused-ring (bicyclic) bond motifs is 1. The van der Waals surface area contributed by atoms with Gasteiger partial charge in [-0.3, -0.25) is 9.59 Å². The summed E-state index contributed by atoms with van der Waals surface area (Å²) in [5.74, 6) is 1.13. The number of hydrogen-bond donors (Lipinski definition) is 2. The Morgan fingerprint density at radius 3 is 2.57 bits per heavy atom. The van der Waals surface area contributed by atoms with E-state index in [0.29, 0.717) is 36.6 Å². The number of ketones is 1. The average Bonchev–Trinajstić information content (AvgIpc) is 3.00. The van der Waals surface area contributed by atoms with Gasteiger partial charge in [-0.15, -0.1) is 0 Å². The van der Waals surface area contributed by atoms with Crippen molar-refractivity contribution in [3.63, 3.8) is 0 Å². The Morgan fingerprint density at radius 1 is 1.08 bits per heavy atom. The quantitative estimate of drug-likeness (QED) is 0.484. The number of methoxy groups -OCH3 is 3. The van der Waals surface area contributed by atoms with E-state index >= 15 is 0 Å². The minimum Gasteiger partial charge on any atom is -0.493 e. The van der Waals surface area contributed by atoms with E-state index in [0.717, 1.165) is 35.5 Å². The molecule has 1 atom stereocenters. The molecule has 0 radical (unpaired) electrons. The van der Waals surface area contributed by atoms with Gasteiger partial charge >= 0.3 is 0 Å². The highest BCUT2D eigenvalue weighted by atomic mass is 16.5. The summed E-state index contributed by atoms with van der Waals surface area (Å²) in [6, 6.07) is 13.1. The van der Waals surface area contributed by atoms with Gasteiger partial charge in [0.25, 0.3) is 0 Å². The van der Waals surface area contributed by atoms with Crippen molar-refractivity contribution in [3.05, 3.63) is 59.3 Å². The lowest BCUT2D eigenvalue weighted by Gasteiger charge is -2.38. The number of Topliss-reactive ketones (excluding diaryl/α,β-unsaturated/α-hetero) is 1. The summed E-state index contributed by atoms with van der Waals surface area (Å²) in [6.45, 7) is 5.40. The molecule has 0 bridgehead atoms.